The molecule has 0 fully saturated rings. The van der Waals surface area contributed by atoms with Crippen molar-refractivity contribution in [1.29, 1.82) is 0 Å². The molecule has 2 heterocycles. The normalized spacial score (nSPS) is 15.7. The summed E-state index contributed by atoms with van der Waals surface area (Å²) in [5, 5.41) is 0. The van der Waals surface area contributed by atoms with Gasteiger partial charge in [-0.2, -0.15) is 8.42 Å². The van der Waals surface area contributed by atoms with Crippen molar-refractivity contribution in [3.63, 3.8) is 0 Å². The highest BCUT2D eigenvalue weighted by Gasteiger charge is 2.35. The number of hydrogen-bond donors (Lipinski definition) is 0. The predicted molar refractivity (Wildman–Crippen MR) is 201 cm³/mol. The summed E-state index contributed by atoms with van der Waals surface area (Å²) in [5.74, 6) is 0. The zero-order valence-electron chi connectivity index (χ0n) is 30.8. The van der Waals surface area contributed by atoms with Crippen LogP contribution in [0.5, 0.6) is 0 Å². The number of fused-ring (bicyclic) bond motifs is 2. The Labute approximate surface area is 299 Å². The fourth-order valence-corrected chi connectivity index (χ4v) is 6.93. The lowest BCUT2D eigenvalue weighted by molar-refractivity contribution is -0.576. The fraction of sp³-hybridized carbons (Fsp3) is 0.350. The van der Waals surface area contributed by atoms with E-state index in [0.29, 0.717) is 0 Å². The molecule has 0 atom stereocenters. The first-order chi connectivity index (χ1) is 23.2. The van der Waals surface area contributed by atoms with Crippen molar-refractivity contribution >= 4 is 31.7 Å². The van der Waals surface area contributed by atoms with Gasteiger partial charge < -0.3 is 4.55 Å². The second kappa shape index (κ2) is 16.4. The van der Waals surface area contributed by atoms with Crippen molar-refractivity contribution < 1.29 is 30.1 Å². The smallest absolute Gasteiger partial charge is 0.296 e. The third kappa shape index (κ3) is 11.0. The minimum Gasteiger partial charge on any atom is -0.744 e. The van der Waals surface area contributed by atoms with Crippen LogP contribution in [0.1, 0.15) is 74.9 Å². The number of aliphatic imine (C=N–C) groups is 1. The van der Waals surface area contributed by atoms with E-state index >= 15 is 0 Å². The molecule has 0 amide bonds. The van der Waals surface area contributed by atoms with Gasteiger partial charge in [0.25, 0.3) is 10.1 Å². The average Bonchev–Trinajstić information content (AvgIpc) is 3.04. The first-order valence-corrected chi connectivity index (χ1v) is 19.2. The Morgan fingerprint density at radius 1 is 0.660 bits per heavy atom. The van der Waals surface area contributed by atoms with Crippen LogP contribution in [0.2, 0.25) is 0 Å². The molecule has 0 N–H and O–H groups in total. The van der Waals surface area contributed by atoms with Gasteiger partial charge >= 0.3 is 0 Å². The van der Waals surface area contributed by atoms with E-state index in [4.69, 9.17) is 0 Å². The Balaban J connectivity index is 0.000000181. The first kappa shape index (κ1) is 40.5. The van der Waals surface area contributed by atoms with Gasteiger partial charge in [-0.3, -0.25) is 9.18 Å². The average molecular weight is 719 g/mol. The molecule has 10 heteroatoms. The molecule has 2 aliphatic heterocycles. The molecule has 0 unspecified atom stereocenters. The maximum absolute atomic E-state index is 11.1. The van der Waals surface area contributed by atoms with Gasteiger partial charge in [0.15, 0.2) is 11.3 Å². The monoisotopic (exact) mass is 718 g/mol. The Morgan fingerprint density at radius 3 is 1.58 bits per heavy atom. The second-order valence-electron chi connectivity index (χ2n) is 13.8. The van der Waals surface area contributed by atoms with Gasteiger partial charge in [-0.1, -0.05) is 77.9 Å². The highest BCUT2D eigenvalue weighted by atomic mass is 32.2. The van der Waals surface area contributed by atoms with Crippen LogP contribution < -0.4 is 0 Å². The third-order valence-electron chi connectivity index (χ3n) is 8.78. The van der Waals surface area contributed by atoms with Crippen molar-refractivity contribution in [3.05, 3.63) is 130 Å². The van der Waals surface area contributed by atoms with Crippen LogP contribution in [0, 0.1) is 13.8 Å². The summed E-state index contributed by atoms with van der Waals surface area (Å²) in [4.78, 5) is 4.69. The van der Waals surface area contributed by atoms with Crippen LogP contribution in [-0.4, -0.2) is 62.6 Å². The van der Waals surface area contributed by atoms with E-state index in [1.54, 1.807) is 24.3 Å². The molecule has 0 saturated heterocycles. The van der Waals surface area contributed by atoms with Gasteiger partial charge in [0.1, 0.15) is 17.2 Å². The molecule has 4 aromatic carbocycles. The Kier molecular flexibility index (Phi) is 13.3. The molecule has 2 aliphatic rings. The minimum absolute atomic E-state index is 0.0818. The molecule has 268 valence electrons. The molecule has 4 aromatic rings. The standard InChI is InChI=1S/C13H18N.C12H15N.C8H10O3S.C7H8O3S/c1-10-12-8-6-5-7-11(12)9-13(2,3)14(10)4;1-9-11-7-5-4-6-10(11)8-12(2,3)13-9;1-7-3-5-8(6-4-7)12(9,10)11-2;1-6-2-4-7(5-3-6)11(8,9)10/h5-8H,9H2,1-4H3;4-7H,8H2,1-3H3;3-6H,1-2H3;2-5H,1H3,(H,8,9,10)/q+1;;;/p-1. The SMILES string of the molecule is CC1=NC(C)(C)Cc2ccccc21.CC1=[N+](C)C(C)(C)Cc2ccccc21.COS(=O)(=O)c1ccc(C)cc1.Cc1ccc(S(=O)(=O)[O-])cc1. The summed E-state index contributed by atoms with van der Waals surface area (Å²) >= 11 is 0. The summed E-state index contributed by atoms with van der Waals surface area (Å²) in [7, 11) is -4.45. The molecule has 0 spiro atoms. The summed E-state index contributed by atoms with van der Waals surface area (Å²) in [6.07, 6.45) is 2.19. The van der Waals surface area contributed by atoms with Gasteiger partial charge in [-0.25, -0.2) is 13.0 Å². The molecule has 0 radical (unpaired) electrons. The van der Waals surface area contributed by atoms with E-state index in [1.807, 2.05) is 13.8 Å². The largest absolute Gasteiger partial charge is 0.744 e. The maximum atomic E-state index is 11.1. The van der Waals surface area contributed by atoms with Crippen LogP contribution >= 0.6 is 0 Å². The minimum atomic E-state index is -4.27. The van der Waals surface area contributed by atoms with Crippen LogP contribution in [0.15, 0.2) is 112 Å². The summed E-state index contributed by atoms with van der Waals surface area (Å²) in [6, 6.07) is 29.5. The molecule has 0 saturated carbocycles. The van der Waals surface area contributed by atoms with Gasteiger partial charge in [0.05, 0.1) is 22.4 Å². The summed E-state index contributed by atoms with van der Waals surface area (Å²) in [6.45, 7) is 17.0. The molecule has 6 rings (SSSR count). The van der Waals surface area contributed by atoms with Crippen molar-refractivity contribution in [2.45, 2.75) is 89.1 Å². The molecule has 50 heavy (non-hydrogen) atoms. The predicted octanol–water partition coefficient (Wildman–Crippen LogP) is 7.53. The van der Waals surface area contributed by atoms with E-state index < -0.39 is 20.2 Å². The number of benzene rings is 4. The highest BCUT2D eigenvalue weighted by molar-refractivity contribution is 7.86. The number of nitrogens with zero attached hydrogens (tertiary/aromatic N) is 2. The van der Waals surface area contributed by atoms with Crippen molar-refractivity contribution in [2.75, 3.05) is 14.2 Å². The second-order valence-corrected chi connectivity index (χ2v) is 16.9. The quantitative estimate of drug-likeness (QED) is 0.123. The zero-order valence-corrected chi connectivity index (χ0v) is 32.4. The van der Waals surface area contributed by atoms with Crippen molar-refractivity contribution in [3.8, 4) is 0 Å². The van der Waals surface area contributed by atoms with E-state index in [9.17, 15) is 21.4 Å². The molecular formula is C40H50N2O6S2. The molecule has 0 aliphatic carbocycles. The van der Waals surface area contributed by atoms with Gasteiger partial charge in [0.2, 0.25) is 0 Å². The van der Waals surface area contributed by atoms with E-state index in [-0.39, 0.29) is 20.9 Å². The van der Waals surface area contributed by atoms with Gasteiger partial charge in [-0.05, 0) is 88.1 Å². The lowest BCUT2D eigenvalue weighted by atomic mass is 9.86. The lowest BCUT2D eigenvalue weighted by Crippen LogP contribution is -2.43. The zero-order chi connectivity index (χ0) is 37.5. The van der Waals surface area contributed by atoms with Crippen LogP contribution in [0.3, 0.4) is 0 Å². The molecule has 0 aromatic heterocycles. The van der Waals surface area contributed by atoms with Crippen molar-refractivity contribution in [2.24, 2.45) is 4.99 Å². The third-order valence-corrected chi connectivity index (χ3v) is 10.9. The van der Waals surface area contributed by atoms with E-state index in [1.165, 1.54) is 57.9 Å². The van der Waals surface area contributed by atoms with Crippen LogP contribution in [-0.2, 0) is 37.3 Å². The topological polar surface area (TPSA) is 116 Å². The number of likely N-dealkylation sites (N-methyl/N-ethyl adjacent to an activating group) is 1. The number of rotatable bonds is 3. The lowest BCUT2D eigenvalue weighted by Gasteiger charge is -2.28. The molecular weight excluding hydrogens is 669 g/mol. The summed E-state index contributed by atoms with van der Waals surface area (Å²) < 4.78 is 60.1. The Hall–Kier alpha value is -3.96. The van der Waals surface area contributed by atoms with E-state index in [0.717, 1.165) is 31.1 Å². The van der Waals surface area contributed by atoms with Gasteiger partial charge in [0, 0.05) is 38.5 Å². The number of hydrogen-bond acceptors (Lipinski definition) is 7. The Morgan fingerprint density at radius 2 is 1.10 bits per heavy atom. The molecule has 8 nitrogen and oxygen atoms in total. The summed E-state index contributed by atoms with van der Waals surface area (Å²) in [5.41, 5.74) is 10.5. The molecule has 0 bridgehead atoms. The Bertz CT molecular complexity index is 2060. The highest BCUT2D eigenvalue weighted by Crippen LogP contribution is 2.27. The van der Waals surface area contributed by atoms with Crippen LogP contribution in [0.4, 0.5) is 0 Å². The first-order valence-electron chi connectivity index (χ1n) is 16.4. The van der Waals surface area contributed by atoms with Crippen molar-refractivity contribution in [1.82, 2.24) is 0 Å². The maximum Gasteiger partial charge on any atom is 0.296 e. The fourth-order valence-electron chi connectivity index (χ4n) is 5.80. The van der Waals surface area contributed by atoms with Gasteiger partial charge in [-0.15, -0.1) is 0 Å². The van der Waals surface area contributed by atoms with E-state index in [2.05, 4.69) is 111 Å². The number of aryl methyl sites for hydroxylation is 2. The van der Waals surface area contributed by atoms with Crippen LogP contribution in [0.25, 0.3) is 0 Å².